The topological polar surface area (TPSA) is 29.3 Å². The fraction of sp³-hybridized carbons (Fsp3) is 0.196. The first kappa shape index (κ1) is 32.8. The summed E-state index contributed by atoms with van der Waals surface area (Å²) in [6, 6.07) is 38.8. The summed E-state index contributed by atoms with van der Waals surface area (Å²) in [4.78, 5) is 6.41. The van der Waals surface area contributed by atoms with Gasteiger partial charge in [-0.15, -0.1) is 11.8 Å². The molecule has 55 heavy (non-hydrogen) atoms. The molecule has 5 atom stereocenters. The maximum atomic E-state index is 5.03. The lowest BCUT2D eigenvalue weighted by Crippen LogP contribution is -2.33. The number of aromatic nitrogens is 1. The predicted octanol–water partition coefficient (Wildman–Crippen LogP) is 12.4. The van der Waals surface area contributed by atoms with Crippen LogP contribution < -0.4 is 5.32 Å². The molecule has 1 N–H and O–H groups in total. The number of fused-ring (bicyclic) bond motifs is 9. The van der Waals surface area contributed by atoms with Crippen molar-refractivity contribution in [2.45, 2.75) is 60.4 Å². The first-order valence-electron chi connectivity index (χ1n) is 19.5. The number of nitrogens with zero attached hydrogens (tertiary/aromatic N) is 2. The molecule has 0 amide bonds. The molecule has 3 heterocycles. The van der Waals surface area contributed by atoms with Crippen molar-refractivity contribution in [3.63, 3.8) is 0 Å². The second kappa shape index (κ2) is 11.7. The molecule has 5 aliphatic rings. The van der Waals surface area contributed by atoms with Gasteiger partial charge in [0.05, 0.1) is 11.0 Å². The van der Waals surface area contributed by atoms with Gasteiger partial charge in [0.15, 0.2) is 0 Å². The Bertz CT molecular complexity index is 2790. The van der Waals surface area contributed by atoms with E-state index in [0.717, 1.165) is 11.3 Å². The highest BCUT2D eigenvalue weighted by molar-refractivity contribution is 8.00. The number of rotatable bonds is 4. The van der Waals surface area contributed by atoms with E-state index in [1.807, 2.05) is 18.0 Å². The maximum absolute atomic E-state index is 5.03. The average molecular weight is 730 g/mol. The van der Waals surface area contributed by atoms with Gasteiger partial charge in [-0.2, -0.15) is 0 Å². The number of benzene rings is 5. The molecule has 3 aliphatic carbocycles. The summed E-state index contributed by atoms with van der Waals surface area (Å²) in [6.45, 7) is 9.59. The number of allylic oxidation sites excluding steroid dienone is 8. The van der Waals surface area contributed by atoms with Crippen molar-refractivity contribution in [3.05, 3.63) is 180 Å². The summed E-state index contributed by atoms with van der Waals surface area (Å²) in [7, 11) is 0. The van der Waals surface area contributed by atoms with E-state index in [0.29, 0.717) is 11.2 Å². The van der Waals surface area contributed by atoms with Crippen LogP contribution >= 0.6 is 11.8 Å². The van der Waals surface area contributed by atoms with Crippen LogP contribution in [-0.4, -0.2) is 16.0 Å². The van der Waals surface area contributed by atoms with Crippen LogP contribution in [0, 0.1) is 5.92 Å². The monoisotopic (exact) mass is 729 g/mol. The lowest BCUT2D eigenvalue weighted by molar-refractivity contribution is 0.324. The molecule has 6 aromatic rings. The van der Waals surface area contributed by atoms with E-state index in [2.05, 4.69) is 195 Å². The fourth-order valence-electron chi connectivity index (χ4n) is 10.4. The molecule has 0 bridgehead atoms. The molecular weight excluding hydrogens is 687 g/mol. The third-order valence-corrected chi connectivity index (χ3v) is 14.9. The van der Waals surface area contributed by atoms with Crippen LogP contribution in [0.4, 0.5) is 0 Å². The molecule has 4 heteroatoms. The largest absolute Gasteiger partial charge is 0.346 e. The van der Waals surface area contributed by atoms with Gasteiger partial charge in [0.2, 0.25) is 6.29 Å². The zero-order chi connectivity index (χ0) is 37.1. The molecule has 0 saturated carbocycles. The van der Waals surface area contributed by atoms with Crippen molar-refractivity contribution in [1.29, 1.82) is 0 Å². The summed E-state index contributed by atoms with van der Waals surface area (Å²) in [5.41, 5.74) is 14.0. The Labute approximate surface area is 327 Å². The van der Waals surface area contributed by atoms with Crippen LogP contribution in [0.25, 0.3) is 49.8 Å². The summed E-state index contributed by atoms with van der Waals surface area (Å²) in [6.07, 6.45) is 22.1. The summed E-state index contributed by atoms with van der Waals surface area (Å²) < 4.78 is 2.37. The second-order valence-corrected chi connectivity index (χ2v) is 18.0. The SMILES string of the molecule is CC1(C)c2cc(-c3ccc4c5ccccc5n(C5N=CC=C(c6ccc(-c7ccc8c(c7)SC7C=CC=CC87C)cc6)N5)c4c3)ccc2C2(C)C=CC=CC12. The minimum absolute atomic E-state index is 0.0206. The van der Waals surface area contributed by atoms with E-state index in [-0.39, 0.29) is 22.5 Å². The molecule has 268 valence electrons. The number of aliphatic imine (C=N–C) groups is 1. The Morgan fingerprint density at radius 3 is 2.13 bits per heavy atom. The fourth-order valence-corrected chi connectivity index (χ4v) is 11.9. The van der Waals surface area contributed by atoms with E-state index < -0.39 is 0 Å². The van der Waals surface area contributed by atoms with Gasteiger partial charge < -0.3 is 9.88 Å². The second-order valence-electron chi connectivity index (χ2n) is 16.9. The van der Waals surface area contributed by atoms with Crippen molar-refractivity contribution in [3.8, 4) is 22.3 Å². The molecule has 3 nitrogen and oxygen atoms in total. The normalized spacial score (nSPS) is 26.5. The van der Waals surface area contributed by atoms with Crippen LogP contribution in [-0.2, 0) is 16.2 Å². The van der Waals surface area contributed by atoms with Crippen LogP contribution in [0.3, 0.4) is 0 Å². The van der Waals surface area contributed by atoms with Crippen LogP contribution in [0.1, 0.15) is 56.2 Å². The quantitative estimate of drug-likeness (QED) is 0.196. The summed E-state index contributed by atoms with van der Waals surface area (Å²) >= 11 is 1.98. The summed E-state index contributed by atoms with van der Waals surface area (Å²) in [5.74, 6) is 0.441. The minimum Gasteiger partial charge on any atom is -0.346 e. The highest BCUT2D eigenvalue weighted by atomic mass is 32.2. The van der Waals surface area contributed by atoms with E-state index >= 15 is 0 Å². The first-order chi connectivity index (χ1) is 26.7. The number of para-hydroxylation sites is 1. The highest BCUT2D eigenvalue weighted by Crippen LogP contribution is 2.57. The molecule has 0 saturated heterocycles. The molecule has 2 aliphatic heterocycles. The van der Waals surface area contributed by atoms with Crippen LogP contribution in [0.5, 0.6) is 0 Å². The molecule has 5 unspecified atom stereocenters. The van der Waals surface area contributed by atoms with E-state index in [1.165, 1.54) is 65.6 Å². The van der Waals surface area contributed by atoms with Crippen molar-refractivity contribution in [2.75, 3.05) is 0 Å². The number of nitrogens with one attached hydrogen (secondary N) is 1. The van der Waals surface area contributed by atoms with E-state index in [1.54, 1.807) is 0 Å². The van der Waals surface area contributed by atoms with E-state index in [4.69, 9.17) is 4.99 Å². The lowest BCUT2D eigenvalue weighted by atomic mass is 9.67. The maximum Gasteiger partial charge on any atom is 0.200 e. The smallest absolute Gasteiger partial charge is 0.200 e. The first-order valence-corrected chi connectivity index (χ1v) is 20.4. The Balaban J connectivity index is 0.919. The van der Waals surface area contributed by atoms with Gasteiger partial charge in [-0.05, 0) is 80.1 Å². The Morgan fingerprint density at radius 1 is 0.600 bits per heavy atom. The van der Waals surface area contributed by atoms with Gasteiger partial charge in [0.1, 0.15) is 0 Å². The molecule has 1 aromatic heterocycles. The van der Waals surface area contributed by atoms with Crippen LogP contribution in [0.2, 0.25) is 0 Å². The van der Waals surface area contributed by atoms with Gasteiger partial charge in [-0.3, -0.25) is 0 Å². The Kier molecular flexibility index (Phi) is 6.99. The number of thioether (sulfide) groups is 1. The van der Waals surface area contributed by atoms with E-state index in [9.17, 15) is 0 Å². The molecule has 0 radical (unpaired) electrons. The molecule has 0 spiro atoms. The minimum atomic E-state index is -0.292. The lowest BCUT2D eigenvalue weighted by Gasteiger charge is -2.36. The molecule has 0 fully saturated rings. The van der Waals surface area contributed by atoms with Crippen LogP contribution in [0.15, 0.2) is 168 Å². The number of hydrogen-bond acceptors (Lipinski definition) is 3. The zero-order valence-corrected chi connectivity index (χ0v) is 32.4. The van der Waals surface area contributed by atoms with Gasteiger partial charge in [0.25, 0.3) is 0 Å². The van der Waals surface area contributed by atoms with Gasteiger partial charge in [-0.25, -0.2) is 4.99 Å². The third-order valence-electron chi connectivity index (χ3n) is 13.4. The van der Waals surface area contributed by atoms with Crippen molar-refractivity contribution < 1.29 is 0 Å². The molecule has 5 aromatic carbocycles. The highest BCUT2D eigenvalue weighted by Gasteiger charge is 2.51. The van der Waals surface area contributed by atoms with Crippen molar-refractivity contribution in [1.82, 2.24) is 9.88 Å². The number of hydrogen-bond donors (Lipinski definition) is 1. The summed E-state index contributed by atoms with van der Waals surface area (Å²) in [5, 5.41) is 6.75. The average Bonchev–Trinajstić information content (AvgIpc) is 3.77. The van der Waals surface area contributed by atoms with Crippen molar-refractivity contribution >= 4 is 45.5 Å². The van der Waals surface area contributed by atoms with Crippen molar-refractivity contribution in [2.24, 2.45) is 10.9 Å². The zero-order valence-electron chi connectivity index (χ0n) is 31.6. The predicted molar refractivity (Wildman–Crippen MR) is 233 cm³/mol. The Morgan fingerprint density at radius 2 is 1.27 bits per heavy atom. The molecule has 11 rings (SSSR count). The molecular formula is C51H43N3S. The van der Waals surface area contributed by atoms with Gasteiger partial charge >= 0.3 is 0 Å². The van der Waals surface area contributed by atoms with Gasteiger partial charge in [0, 0.05) is 43.7 Å². The third kappa shape index (κ3) is 4.74. The Hall–Kier alpha value is -5.58. The van der Waals surface area contributed by atoms with Gasteiger partial charge in [-0.1, -0.05) is 161 Å². The standard InChI is InChI=1S/C51H43N3S/c1-49(2)41-29-34(20-23-39(41)50(3)26-9-7-13-46(49)50)35-19-22-38-37-11-5-6-12-43(37)54(44(38)30-35)48-52-28-25-42(53-48)33-17-15-32(16-18-33)36-21-24-40-45(31-36)55-47-14-8-10-27-51(40,47)4/h5-31,46-48,53H,1-4H3.